The van der Waals surface area contributed by atoms with Crippen molar-refractivity contribution >= 4 is 16.6 Å². The molecule has 0 atom stereocenters. The number of ether oxygens (including phenoxy) is 1. The highest BCUT2D eigenvalue weighted by Crippen LogP contribution is 2.30. The summed E-state index contributed by atoms with van der Waals surface area (Å²) in [6.45, 7) is 1.91. The number of pyridine rings is 1. The Hall–Kier alpha value is -2.62. The minimum Gasteiger partial charge on any atom is -0.455 e. The van der Waals surface area contributed by atoms with E-state index in [4.69, 9.17) is 10.5 Å². The molecular weight excluding hydrogens is 255 g/mol. The zero-order chi connectivity index (χ0) is 14.1. The predicted molar refractivity (Wildman–Crippen MR) is 77.4 cm³/mol. The Morgan fingerprint density at radius 3 is 2.75 bits per heavy atom. The molecule has 0 radical (unpaired) electrons. The van der Waals surface area contributed by atoms with Crippen LogP contribution in [0.2, 0.25) is 0 Å². The first-order chi connectivity index (χ1) is 9.61. The minimum absolute atomic E-state index is 0.323. The molecule has 2 N–H and O–H groups in total. The third kappa shape index (κ3) is 2.40. The summed E-state index contributed by atoms with van der Waals surface area (Å²) in [5.74, 6) is 0.513. The maximum atomic E-state index is 13.3. The van der Waals surface area contributed by atoms with Gasteiger partial charge < -0.3 is 10.5 Å². The normalized spacial score (nSPS) is 10.7. The van der Waals surface area contributed by atoms with Gasteiger partial charge in [-0.1, -0.05) is 18.2 Å². The van der Waals surface area contributed by atoms with Crippen LogP contribution in [0, 0.1) is 12.7 Å². The zero-order valence-corrected chi connectivity index (χ0v) is 10.9. The fourth-order valence-electron chi connectivity index (χ4n) is 2.07. The van der Waals surface area contributed by atoms with E-state index in [0.29, 0.717) is 17.2 Å². The molecular formula is C16H13FN2O. The van der Waals surface area contributed by atoms with Gasteiger partial charge in [-0.3, -0.25) is 0 Å². The number of rotatable bonds is 2. The monoisotopic (exact) mass is 268 g/mol. The number of aromatic nitrogens is 1. The molecule has 1 heterocycles. The summed E-state index contributed by atoms with van der Waals surface area (Å²) >= 11 is 0. The van der Waals surface area contributed by atoms with Crippen molar-refractivity contribution in [1.29, 1.82) is 0 Å². The van der Waals surface area contributed by atoms with Crippen LogP contribution in [-0.4, -0.2) is 4.98 Å². The van der Waals surface area contributed by atoms with Crippen molar-refractivity contribution in [2.75, 3.05) is 5.73 Å². The van der Waals surface area contributed by atoms with Gasteiger partial charge in [0.2, 0.25) is 0 Å². The number of fused-ring (bicyclic) bond motifs is 1. The Morgan fingerprint density at radius 1 is 1.10 bits per heavy atom. The van der Waals surface area contributed by atoms with Gasteiger partial charge in [-0.05, 0) is 25.1 Å². The first-order valence-electron chi connectivity index (χ1n) is 6.22. The van der Waals surface area contributed by atoms with E-state index in [1.165, 1.54) is 12.1 Å². The van der Waals surface area contributed by atoms with Crippen molar-refractivity contribution in [2.24, 2.45) is 0 Å². The molecule has 0 bridgehead atoms. The summed E-state index contributed by atoms with van der Waals surface area (Å²) in [5.41, 5.74) is 7.58. The largest absolute Gasteiger partial charge is 0.455 e. The van der Waals surface area contributed by atoms with Crippen LogP contribution in [0.5, 0.6) is 11.5 Å². The summed E-state index contributed by atoms with van der Waals surface area (Å²) in [6, 6.07) is 13.7. The van der Waals surface area contributed by atoms with Crippen molar-refractivity contribution in [3.05, 3.63) is 60.0 Å². The molecule has 20 heavy (non-hydrogen) atoms. The van der Waals surface area contributed by atoms with Crippen LogP contribution < -0.4 is 10.5 Å². The van der Waals surface area contributed by atoms with Gasteiger partial charge in [-0.2, -0.15) is 0 Å². The summed E-state index contributed by atoms with van der Waals surface area (Å²) in [4.78, 5) is 4.47. The van der Waals surface area contributed by atoms with Crippen molar-refractivity contribution in [2.45, 2.75) is 6.92 Å². The van der Waals surface area contributed by atoms with Crippen LogP contribution in [-0.2, 0) is 0 Å². The Labute approximate surface area is 115 Å². The molecule has 0 aliphatic carbocycles. The molecule has 0 spiro atoms. The summed E-state index contributed by atoms with van der Waals surface area (Å²) in [7, 11) is 0. The van der Waals surface area contributed by atoms with Gasteiger partial charge in [-0.25, -0.2) is 9.37 Å². The van der Waals surface area contributed by atoms with Gasteiger partial charge in [-0.15, -0.1) is 0 Å². The van der Waals surface area contributed by atoms with E-state index in [-0.39, 0.29) is 0 Å². The average molecular weight is 268 g/mol. The molecule has 3 rings (SSSR count). The second-order valence-corrected chi connectivity index (χ2v) is 4.60. The fourth-order valence-corrected chi connectivity index (χ4v) is 2.07. The van der Waals surface area contributed by atoms with Gasteiger partial charge in [0.1, 0.15) is 17.1 Å². The number of nitrogens with two attached hydrogens (primary N) is 1. The average Bonchev–Trinajstić information content (AvgIpc) is 2.38. The number of para-hydroxylation sites is 1. The SMILES string of the molecule is Cc1ccc2cccc(Oc3cc(N)cc(F)c3)c2n1. The lowest BCUT2D eigenvalue weighted by Gasteiger charge is -2.09. The maximum absolute atomic E-state index is 13.3. The number of benzene rings is 2. The highest BCUT2D eigenvalue weighted by atomic mass is 19.1. The highest BCUT2D eigenvalue weighted by Gasteiger charge is 2.07. The van der Waals surface area contributed by atoms with E-state index >= 15 is 0 Å². The molecule has 1 aromatic heterocycles. The Morgan fingerprint density at radius 2 is 1.95 bits per heavy atom. The van der Waals surface area contributed by atoms with E-state index < -0.39 is 5.82 Å². The van der Waals surface area contributed by atoms with E-state index in [1.807, 2.05) is 31.2 Å². The molecule has 100 valence electrons. The number of aryl methyl sites for hydroxylation is 1. The van der Waals surface area contributed by atoms with E-state index in [1.54, 1.807) is 12.1 Å². The molecule has 0 aliphatic rings. The lowest BCUT2D eigenvalue weighted by atomic mass is 10.2. The predicted octanol–water partition coefficient (Wildman–Crippen LogP) is 4.06. The first-order valence-corrected chi connectivity index (χ1v) is 6.22. The number of nitrogen functional groups attached to an aromatic ring is 1. The zero-order valence-electron chi connectivity index (χ0n) is 10.9. The van der Waals surface area contributed by atoms with Crippen LogP contribution in [0.15, 0.2) is 48.5 Å². The smallest absolute Gasteiger partial charge is 0.153 e. The van der Waals surface area contributed by atoms with E-state index in [9.17, 15) is 4.39 Å². The van der Waals surface area contributed by atoms with Gasteiger partial charge in [0.25, 0.3) is 0 Å². The van der Waals surface area contributed by atoms with Crippen LogP contribution in [0.1, 0.15) is 5.69 Å². The van der Waals surface area contributed by atoms with Crippen molar-refractivity contribution in [1.82, 2.24) is 4.98 Å². The molecule has 3 nitrogen and oxygen atoms in total. The second-order valence-electron chi connectivity index (χ2n) is 4.60. The van der Waals surface area contributed by atoms with E-state index in [2.05, 4.69) is 4.98 Å². The Balaban J connectivity index is 2.08. The summed E-state index contributed by atoms with van der Waals surface area (Å²) in [6.07, 6.45) is 0. The second kappa shape index (κ2) is 4.81. The van der Waals surface area contributed by atoms with Crippen molar-refractivity contribution < 1.29 is 9.13 Å². The third-order valence-corrected chi connectivity index (χ3v) is 2.94. The minimum atomic E-state index is -0.427. The lowest BCUT2D eigenvalue weighted by Crippen LogP contribution is -1.92. The van der Waals surface area contributed by atoms with Crippen LogP contribution >= 0.6 is 0 Å². The van der Waals surface area contributed by atoms with Gasteiger partial charge >= 0.3 is 0 Å². The standard InChI is InChI=1S/C16H13FN2O/c1-10-5-6-11-3-2-4-15(16(11)19-10)20-14-8-12(17)7-13(18)9-14/h2-9H,18H2,1H3. The molecule has 0 aliphatic heterocycles. The maximum Gasteiger partial charge on any atom is 0.153 e. The van der Waals surface area contributed by atoms with Crippen molar-refractivity contribution in [3.8, 4) is 11.5 Å². The molecule has 3 aromatic rings. The molecule has 2 aromatic carbocycles. The quantitative estimate of drug-likeness (QED) is 0.713. The van der Waals surface area contributed by atoms with Gasteiger partial charge in [0.05, 0.1) is 0 Å². The number of hydrogen-bond acceptors (Lipinski definition) is 3. The first kappa shape index (κ1) is 12.4. The summed E-state index contributed by atoms with van der Waals surface area (Å²) in [5, 5.41) is 0.970. The molecule has 0 saturated carbocycles. The summed E-state index contributed by atoms with van der Waals surface area (Å²) < 4.78 is 19.1. The number of nitrogens with zero attached hydrogens (tertiary/aromatic N) is 1. The lowest BCUT2D eigenvalue weighted by molar-refractivity contribution is 0.481. The number of anilines is 1. The van der Waals surface area contributed by atoms with Crippen molar-refractivity contribution in [3.63, 3.8) is 0 Å². The molecule has 0 fully saturated rings. The number of hydrogen-bond donors (Lipinski definition) is 1. The van der Waals surface area contributed by atoms with E-state index in [0.717, 1.165) is 16.6 Å². The third-order valence-electron chi connectivity index (χ3n) is 2.94. The highest BCUT2D eigenvalue weighted by molar-refractivity contribution is 5.84. The molecule has 0 amide bonds. The van der Waals surface area contributed by atoms with Gasteiger partial charge in [0, 0.05) is 28.9 Å². The van der Waals surface area contributed by atoms with Crippen LogP contribution in [0.3, 0.4) is 0 Å². The Kier molecular flexibility index (Phi) is 2.99. The Bertz CT molecular complexity index is 766. The van der Waals surface area contributed by atoms with Crippen LogP contribution in [0.25, 0.3) is 10.9 Å². The molecule has 0 unspecified atom stereocenters. The fraction of sp³-hybridized carbons (Fsp3) is 0.0625. The van der Waals surface area contributed by atoms with Crippen LogP contribution in [0.4, 0.5) is 10.1 Å². The number of halogens is 1. The topological polar surface area (TPSA) is 48.1 Å². The molecule has 4 heteroatoms. The van der Waals surface area contributed by atoms with Gasteiger partial charge in [0.15, 0.2) is 5.75 Å². The molecule has 0 saturated heterocycles.